The monoisotopic (exact) mass is 273 g/mol. The zero-order chi connectivity index (χ0) is 15.0. The quantitative estimate of drug-likeness (QED) is 0.761. The fourth-order valence-corrected chi connectivity index (χ4v) is 1.85. The third-order valence-corrected chi connectivity index (χ3v) is 3.06. The van der Waals surface area contributed by atoms with Crippen LogP contribution in [0.4, 0.5) is 5.69 Å². The van der Waals surface area contributed by atoms with Crippen molar-refractivity contribution in [2.24, 2.45) is 0 Å². The van der Waals surface area contributed by atoms with Gasteiger partial charge in [0.2, 0.25) is 5.91 Å². The molecule has 20 heavy (non-hydrogen) atoms. The van der Waals surface area contributed by atoms with Crippen LogP contribution in [-0.2, 0) is 11.3 Å². The average Bonchev–Trinajstić information content (AvgIpc) is 2.44. The second-order valence-electron chi connectivity index (χ2n) is 4.85. The van der Waals surface area contributed by atoms with E-state index in [1.54, 1.807) is 0 Å². The maximum absolute atomic E-state index is 11.6. The molecular formula is C16H23N3O. The molecule has 4 heteroatoms. The minimum absolute atomic E-state index is 0.0327. The van der Waals surface area contributed by atoms with Gasteiger partial charge in [-0.2, -0.15) is 0 Å². The number of rotatable bonds is 7. The van der Waals surface area contributed by atoms with Crippen LogP contribution in [0.25, 0.3) is 0 Å². The number of hydrogen-bond acceptors (Lipinski definition) is 3. The first-order valence-corrected chi connectivity index (χ1v) is 6.75. The lowest BCUT2D eigenvalue weighted by Crippen LogP contribution is -2.36. The van der Waals surface area contributed by atoms with E-state index in [-0.39, 0.29) is 12.5 Å². The zero-order valence-electron chi connectivity index (χ0n) is 12.5. The van der Waals surface area contributed by atoms with Gasteiger partial charge in [-0.3, -0.25) is 9.69 Å². The Morgan fingerprint density at radius 2 is 1.95 bits per heavy atom. The molecule has 1 aromatic rings. The second kappa shape index (κ2) is 8.23. The third kappa shape index (κ3) is 5.33. The molecule has 0 unspecified atom stereocenters. The molecule has 0 spiro atoms. The highest BCUT2D eigenvalue weighted by molar-refractivity contribution is 5.78. The lowest BCUT2D eigenvalue weighted by Gasteiger charge is -2.20. The Morgan fingerprint density at radius 1 is 1.30 bits per heavy atom. The number of carbonyl (C=O) groups excluding carboxylic acids is 1. The Morgan fingerprint density at radius 3 is 2.45 bits per heavy atom. The van der Waals surface area contributed by atoms with Crippen molar-refractivity contribution in [2.75, 3.05) is 38.6 Å². The summed E-state index contributed by atoms with van der Waals surface area (Å²) in [5.41, 5.74) is 2.37. The van der Waals surface area contributed by atoms with Crippen LogP contribution in [-0.4, -0.2) is 44.5 Å². The number of nitrogens with one attached hydrogen (secondary N) is 1. The van der Waals surface area contributed by atoms with E-state index >= 15 is 0 Å². The van der Waals surface area contributed by atoms with E-state index in [2.05, 4.69) is 45.3 Å². The second-order valence-corrected chi connectivity index (χ2v) is 4.85. The molecule has 0 aliphatic carbocycles. The van der Waals surface area contributed by atoms with Crippen LogP contribution >= 0.6 is 0 Å². The number of carbonyl (C=O) groups is 1. The van der Waals surface area contributed by atoms with E-state index < -0.39 is 0 Å². The smallest absolute Gasteiger partial charge is 0.234 e. The molecule has 0 aliphatic rings. The van der Waals surface area contributed by atoms with Crippen LogP contribution < -0.4 is 10.2 Å². The first kappa shape index (κ1) is 16.1. The van der Waals surface area contributed by atoms with Gasteiger partial charge < -0.3 is 10.2 Å². The highest BCUT2D eigenvalue weighted by Crippen LogP contribution is 2.13. The van der Waals surface area contributed by atoms with E-state index in [1.807, 2.05) is 21.0 Å². The van der Waals surface area contributed by atoms with Gasteiger partial charge in [0.05, 0.1) is 13.1 Å². The predicted octanol–water partition coefficient (Wildman–Crippen LogP) is 1.32. The first-order valence-electron chi connectivity index (χ1n) is 6.75. The summed E-state index contributed by atoms with van der Waals surface area (Å²) in [4.78, 5) is 15.8. The summed E-state index contributed by atoms with van der Waals surface area (Å²) in [6, 6.07) is 8.36. The van der Waals surface area contributed by atoms with Gasteiger partial charge in [-0.05, 0) is 24.2 Å². The summed E-state index contributed by atoms with van der Waals surface area (Å²) >= 11 is 0. The lowest BCUT2D eigenvalue weighted by atomic mass is 10.2. The molecule has 0 saturated heterocycles. The molecule has 1 rings (SSSR count). The maximum atomic E-state index is 11.6. The molecule has 0 heterocycles. The summed E-state index contributed by atoms with van der Waals surface area (Å²) in [6.07, 6.45) is 5.12. The van der Waals surface area contributed by atoms with Gasteiger partial charge >= 0.3 is 0 Å². The number of hydrogen-bond donors (Lipinski definition) is 1. The summed E-state index contributed by atoms with van der Waals surface area (Å²) in [5.74, 6) is 2.37. The molecule has 0 bridgehead atoms. The van der Waals surface area contributed by atoms with Crippen LogP contribution in [0.1, 0.15) is 12.5 Å². The molecular weight excluding hydrogens is 250 g/mol. The normalized spacial score (nSPS) is 10.2. The molecule has 0 aromatic heterocycles. The first-order chi connectivity index (χ1) is 9.56. The lowest BCUT2D eigenvalue weighted by molar-refractivity contribution is -0.122. The van der Waals surface area contributed by atoms with Gasteiger partial charge in [0.1, 0.15) is 0 Å². The number of nitrogens with zero attached hydrogens (tertiary/aromatic N) is 2. The van der Waals surface area contributed by atoms with Gasteiger partial charge in [-0.1, -0.05) is 25.0 Å². The van der Waals surface area contributed by atoms with Gasteiger partial charge in [0.25, 0.3) is 0 Å². The van der Waals surface area contributed by atoms with Crippen molar-refractivity contribution >= 4 is 11.6 Å². The number of benzene rings is 1. The molecule has 108 valence electrons. The Bertz CT molecular complexity index is 460. The fourth-order valence-electron chi connectivity index (χ4n) is 1.85. The van der Waals surface area contributed by atoms with Crippen molar-refractivity contribution in [3.05, 3.63) is 29.8 Å². The Labute approximate surface area is 121 Å². The molecule has 1 amide bonds. The minimum Gasteiger partial charge on any atom is -0.378 e. The third-order valence-electron chi connectivity index (χ3n) is 3.06. The van der Waals surface area contributed by atoms with E-state index in [0.717, 1.165) is 13.1 Å². The number of amides is 1. The standard InChI is InChI=1S/C16H23N3O/c1-5-11-17-16(20)13-19(6-2)12-14-7-9-15(10-8-14)18(3)4/h1,7-10H,6,11-13H2,2-4H3,(H,17,20). The Kier molecular flexibility index (Phi) is 6.61. The van der Waals surface area contributed by atoms with E-state index in [4.69, 9.17) is 6.42 Å². The molecule has 4 nitrogen and oxygen atoms in total. The summed E-state index contributed by atoms with van der Waals surface area (Å²) < 4.78 is 0. The minimum atomic E-state index is -0.0327. The molecule has 0 radical (unpaired) electrons. The molecule has 1 N–H and O–H groups in total. The molecule has 0 fully saturated rings. The number of anilines is 1. The van der Waals surface area contributed by atoms with Crippen LogP contribution in [0, 0.1) is 12.3 Å². The topological polar surface area (TPSA) is 35.6 Å². The van der Waals surface area contributed by atoms with Gasteiger partial charge in [0.15, 0.2) is 0 Å². The molecule has 0 atom stereocenters. The van der Waals surface area contributed by atoms with Crippen molar-refractivity contribution in [3.63, 3.8) is 0 Å². The highest BCUT2D eigenvalue weighted by atomic mass is 16.2. The van der Waals surface area contributed by atoms with Crippen molar-refractivity contribution in [2.45, 2.75) is 13.5 Å². The fraction of sp³-hybridized carbons (Fsp3) is 0.438. The molecule has 1 aromatic carbocycles. The van der Waals surface area contributed by atoms with Crippen LogP contribution in [0.15, 0.2) is 24.3 Å². The number of terminal acetylenes is 1. The van der Waals surface area contributed by atoms with Gasteiger partial charge in [0, 0.05) is 26.3 Å². The highest BCUT2D eigenvalue weighted by Gasteiger charge is 2.09. The SMILES string of the molecule is C#CCNC(=O)CN(CC)Cc1ccc(N(C)C)cc1. The summed E-state index contributed by atoms with van der Waals surface area (Å²) in [7, 11) is 4.03. The summed E-state index contributed by atoms with van der Waals surface area (Å²) in [5, 5.41) is 2.68. The van der Waals surface area contributed by atoms with E-state index in [9.17, 15) is 4.79 Å². The Balaban J connectivity index is 2.55. The predicted molar refractivity (Wildman–Crippen MR) is 83.6 cm³/mol. The maximum Gasteiger partial charge on any atom is 0.234 e. The van der Waals surface area contributed by atoms with Crippen LogP contribution in [0.3, 0.4) is 0 Å². The van der Waals surface area contributed by atoms with Gasteiger partial charge in [-0.25, -0.2) is 0 Å². The van der Waals surface area contributed by atoms with Crippen molar-refractivity contribution < 1.29 is 4.79 Å². The Hall–Kier alpha value is -1.99. The summed E-state index contributed by atoms with van der Waals surface area (Å²) in [6.45, 7) is 4.27. The van der Waals surface area contributed by atoms with E-state index in [0.29, 0.717) is 6.54 Å². The molecule has 0 aliphatic heterocycles. The zero-order valence-corrected chi connectivity index (χ0v) is 12.5. The van der Waals surface area contributed by atoms with Crippen LogP contribution in [0.5, 0.6) is 0 Å². The number of likely N-dealkylation sites (N-methyl/N-ethyl adjacent to an activating group) is 1. The largest absolute Gasteiger partial charge is 0.378 e. The molecule has 0 saturated carbocycles. The average molecular weight is 273 g/mol. The van der Waals surface area contributed by atoms with Crippen molar-refractivity contribution in [1.82, 2.24) is 10.2 Å². The van der Waals surface area contributed by atoms with Gasteiger partial charge in [-0.15, -0.1) is 6.42 Å². The van der Waals surface area contributed by atoms with Crippen molar-refractivity contribution in [1.29, 1.82) is 0 Å². The van der Waals surface area contributed by atoms with E-state index in [1.165, 1.54) is 11.3 Å². The van der Waals surface area contributed by atoms with Crippen molar-refractivity contribution in [3.8, 4) is 12.3 Å². The van der Waals surface area contributed by atoms with Crippen LogP contribution in [0.2, 0.25) is 0 Å².